The topological polar surface area (TPSA) is 221 Å². The predicted octanol–water partition coefficient (Wildman–Crippen LogP) is 9.17. The molecule has 0 unspecified atom stereocenters. The molecule has 4 aromatic rings. The van der Waals surface area contributed by atoms with Crippen LogP contribution < -0.4 is 4.90 Å². The molecule has 0 spiro atoms. The third kappa shape index (κ3) is 10.5. The molecular formula is C48H57N2O12S4+. The molecule has 18 heteroatoms. The van der Waals surface area contributed by atoms with Crippen LogP contribution in [-0.2, 0) is 55.8 Å². The number of hydrogen-bond donors (Lipinski definition) is 3. The third-order valence-corrected chi connectivity index (χ3v) is 16.6. The lowest BCUT2D eigenvalue weighted by Gasteiger charge is -2.26. The van der Waals surface area contributed by atoms with Crippen LogP contribution in [0.25, 0.3) is 21.5 Å². The minimum atomic E-state index is -4.93. The van der Waals surface area contributed by atoms with E-state index in [2.05, 4.69) is 29.9 Å². The van der Waals surface area contributed by atoms with E-state index in [0.717, 1.165) is 70.6 Å². The van der Waals surface area contributed by atoms with E-state index >= 15 is 0 Å². The minimum Gasteiger partial charge on any atom is -0.344 e. The van der Waals surface area contributed by atoms with E-state index in [1.54, 1.807) is 12.1 Å². The van der Waals surface area contributed by atoms with Gasteiger partial charge in [0.05, 0.1) is 21.0 Å². The Kier molecular flexibility index (Phi) is 14.6. The van der Waals surface area contributed by atoms with Gasteiger partial charge in [-0.05, 0) is 104 Å². The fourth-order valence-corrected chi connectivity index (χ4v) is 12.0. The van der Waals surface area contributed by atoms with Gasteiger partial charge in [0.25, 0.3) is 30.4 Å². The SMILES string of the molecule is C=CS(=O)(=O)CCCC(=O)CCCCCCC[N+]1=C(C=CC=CC=C2N(CC)c3ccc4ccc(S(=O)(=O)O)cc4c3C2(C)C)C(C)(C)c2c1ccc1c(S(=O)(=O)O)cc(S(=O)(=O)O)cc21. The molecule has 66 heavy (non-hydrogen) atoms. The zero-order chi connectivity index (χ0) is 48.6. The zero-order valence-corrected chi connectivity index (χ0v) is 41.0. The number of benzene rings is 4. The Morgan fingerprint density at radius 2 is 1.32 bits per heavy atom. The lowest BCUT2D eigenvalue weighted by atomic mass is 9.79. The molecule has 0 atom stereocenters. The molecule has 4 aromatic carbocycles. The number of ketones is 1. The van der Waals surface area contributed by atoms with Gasteiger partial charge in [-0.3, -0.25) is 18.5 Å². The first-order chi connectivity index (χ1) is 30.7. The van der Waals surface area contributed by atoms with E-state index in [9.17, 15) is 52.1 Å². The van der Waals surface area contributed by atoms with Crippen LogP contribution in [0.1, 0.15) is 97.1 Å². The highest BCUT2D eigenvalue weighted by Crippen LogP contribution is 2.51. The van der Waals surface area contributed by atoms with Gasteiger partial charge < -0.3 is 4.90 Å². The number of likely N-dealkylation sites (N-methyl/N-ethyl adjacent to an activating group) is 1. The summed E-state index contributed by atoms with van der Waals surface area (Å²) in [5, 5.41) is 2.79. The van der Waals surface area contributed by atoms with Gasteiger partial charge in [-0.15, -0.1) is 0 Å². The van der Waals surface area contributed by atoms with Crippen molar-refractivity contribution in [3.8, 4) is 0 Å². The Balaban J connectivity index is 1.30. The number of Topliss-reactive ketones (excluding diaryl/α,β-unsaturated/α-hetero) is 1. The average molecular weight is 982 g/mol. The molecule has 0 fully saturated rings. The molecule has 3 N–H and O–H groups in total. The second-order valence-corrected chi connectivity index (χ2v) is 24.1. The van der Waals surface area contributed by atoms with E-state index in [-0.39, 0.29) is 40.0 Å². The van der Waals surface area contributed by atoms with E-state index in [0.29, 0.717) is 37.2 Å². The maximum absolute atomic E-state index is 12.6. The first-order valence-corrected chi connectivity index (χ1v) is 27.7. The number of fused-ring (bicyclic) bond motifs is 6. The van der Waals surface area contributed by atoms with E-state index < -0.39 is 60.8 Å². The Hall–Kier alpha value is -4.82. The van der Waals surface area contributed by atoms with E-state index in [1.165, 1.54) is 24.3 Å². The van der Waals surface area contributed by atoms with Crippen LogP contribution in [0.2, 0.25) is 0 Å². The summed E-state index contributed by atoms with van der Waals surface area (Å²) in [6, 6.07) is 13.8. The van der Waals surface area contributed by atoms with Crippen LogP contribution in [0, 0.1) is 0 Å². The number of carbonyl (C=O) groups is 1. The molecule has 0 amide bonds. The fraction of sp³-hybridized carbons (Fsp3) is 0.375. The van der Waals surface area contributed by atoms with Crippen molar-refractivity contribution in [3.05, 3.63) is 114 Å². The van der Waals surface area contributed by atoms with Gasteiger partial charge in [-0.25, -0.2) is 8.42 Å². The summed E-state index contributed by atoms with van der Waals surface area (Å²) in [4.78, 5) is 13.0. The van der Waals surface area contributed by atoms with E-state index in [1.807, 2.05) is 63.3 Å². The Bertz CT molecular complexity index is 3220. The molecule has 0 aromatic heterocycles. The molecular weight excluding hydrogens is 925 g/mol. The van der Waals surface area contributed by atoms with Gasteiger partial charge in [-0.1, -0.05) is 63.6 Å². The second kappa shape index (κ2) is 19.1. The van der Waals surface area contributed by atoms with Crippen molar-refractivity contribution < 1.29 is 56.7 Å². The number of rotatable bonds is 20. The Morgan fingerprint density at radius 1 is 0.682 bits per heavy atom. The summed E-state index contributed by atoms with van der Waals surface area (Å²) in [6.07, 6.45) is 14.3. The lowest BCUT2D eigenvalue weighted by molar-refractivity contribution is -0.438. The highest BCUT2D eigenvalue weighted by atomic mass is 32.2. The molecule has 354 valence electrons. The maximum atomic E-state index is 12.6. The van der Waals surface area contributed by atoms with E-state index in [4.69, 9.17) is 0 Å². The summed E-state index contributed by atoms with van der Waals surface area (Å²) >= 11 is 0. The van der Waals surface area contributed by atoms with Crippen molar-refractivity contribution in [2.75, 3.05) is 23.7 Å². The molecule has 0 radical (unpaired) electrons. The first-order valence-electron chi connectivity index (χ1n) is 21.7. The molecule has 2 aliphatic rings. The van der Waals surface area contributed by atoms with Gasteiger partial charge in [0.1, 0.15) is 17.2 Å². The Morgan fingerprint density at radius 3 is 1.97 bits per heavy atom. The lowest BCUT2D eigenvalue weighted by Crippen LogP contribution is -2.28. The number of allylic oxidation sites excluding steroid dienone is 6. The monoisotopic (exact) mass is 981 g/mol. The summed E-state index contributed by atoms with van der Waals surface area (Å²) in [7, 11) is -17.6. The molecule has 2 aliphatic heterocycles. The van der Waals surface area contributed by atoms with Crippen molar-refractivity contribution in [1.82, 2.24) is 0 Å². The summed E-state index contributed by atoms with van der Waals surface area (Å²) in [5.74, 6) is -0.0799. The number of sulfone groups is 1. The second-order valence-electron chi connectivity index (χ2n) is 17.8. The highest BCUT2D eigenvalue weighted by Gasteiger charge is 2.46. The molecule has 2 heterocycles. The third-order valence-electron chi connectivity index (χ3n) is 12.6. The van der Waals surface area contributed by atoms with Crippen molar-refractivity contribution >= 4 is 84.6 Å². The molecule has 0 saturated heterocycles. The molecule has 0 aliphatic carbocycles. The van der Waals surface area contributed by atoms with Crippen LogP contribution in [0.3, 0.4) is 0 Å². The van der Waals surface area contributed by atoms with Crippen LogP contribution in [0.15, 0.2) is 117 Å². The normalized spacial score (nSPS) is 16.9. The molecule has 0 bridgehead atoms. The Labute approximate surface area is 388 Å². The van der Waals surface area contributed by atoms with Gasteiger partial charge in [0, 0.05) is 71.1 Å². The molecule has 14 nitrogen and oxygen atoms in total. The van der Waals surface area contributed by atoms with Crippen LogP contribution in [0.5, 0.6) is 0 Å². The van der Waals surface area contributed by atoms with Gasteiger partial charge >= 0.3 is 0 Å². The number of hydrogen-bond acceptors (Lipinski definition) is 10. The van der Waals surface area contributed by atoms with Gasteiger partial charge in [-0.2, -0.15) is 29.8 Å². The quantitative estimate of drug-likeness (QED) is 0.0326. The number of carbonyl (C=O) groups excluding carboxylic acids is 1. The van der Waals surface area contributed by atoms with Crippen molar-refractivity contribution in [2.24, 2.45) is 0 Å². The van der Waals surface area contributed by atoms with Crippen LogP contribution >= 0.6 is 0 Å². The summed E-state index contributed by atoms with van der Waals surface area (Å²) in [6.45, 7) is 14.5. The largest absolute Gasteiger partial charge is 0.344 e. The first kappa shape index (κ1) is 50.6. The smallest absolute Gasteiger partial charge is 0.295 e. The van der Waals surface area contributed by atoms with Gasteiger partial charge in [0.15, 0.2) is 15.5 Å². The van der Waals surface area contributed by atoms with Crippen molar-refractivity contribution in [1.29, 1.82) is 0 Å². The zero-order valence-electron chi connectivity index (χ0n) is 37.7. The fourth-order valence-electron chi connectivity index (χ4n) is 9.46. The summed E-state index contributed by atoms with van der Waals surface area (Å²) in [5.41, 5.74) is 3.54. The highest BCUT2D eigenvalue weighted by molar-refractivity contribution is 7.94. The predicted molar refractivity (Wildman–Crippen MR) is 258 cm³/mol. The van der Waals surface area contributed by atoms with Crippen LogP contribution in [-0.4, -0.2) is 82.2 Å². The number of anilines is 1. The molecule has 0 saturated carbocycles. The van der Waals surface area contributed by atoms with Crippen molar-refractivity contribution in [3.63, 3.8) is 0 Å². The molecule has 6 rings (SSSR count). The maximum Gasteiger partial charge on any atom is 0.295 e. The standard InChI is InChI=1S/C48H56N2O12S4/c1-7-49-40-26-23-33-22-24-35(64(54,55)56)30-38(33)45(40)47(3,4)43(49)20-14-12-15-21-44-48(5,6)46-39-31-36(65(57,58)59)32-42(66(60,61)62)37(39)25-27-41(46)50(44)28-16-11-9-10-13-18-34(51)19-17-29-63(52,53)8-2/h8,12,14-15,20-27,30-32H,2,7,9-11,13,16-19,28-29H2,1,3-6H3,(H2-,54,55,56,57,58,59,60,61,62)/p+1. The summed E-state index contributed by atoms with van der Waals surface area (Å²) < 4.78 is 130. The van der Waals surface area contributed by atoms with Crippen molar-refractivity contribution in [2.45, 2.75) is 112 Å². The number of nitrogens with zero attached hydrogens (tertiary/aromatic N) is 2. The number of unbranched alkanes of at least 4 members (excludes halogenated alkanes) is 4. The van der Waals surface area contributed by atoms with Crippen LogP contribution in [0.4, 0.5) is 11.4 Å². The van der Waals surface area contributed by atoms with Gasteiger partial charge in [0.2, 0.25) is 5.69 Å². The minimum absolute atomic E-state index is 0.0215. The average Bonchev–Trinajstić information content (AvgIpc) is 3.59.